The topological polar surface area (TPSA) is 46.0 Å². The highest BCUT2D eigenvalue weighted by molar-refractivity contribution is 4.92. The van der Waals surface area contributed by atoms with Crippen molar-refractivity contribution in [1.82, 2.24) is 25.0 Å². The third kappa shape index (κ3) is 4.78. The highest BCUT2D eigenvalue weighted by Crippen LogP contribution is 2.20. The van der Waals surface area contributed by atoms with Gasteiger partial charge in [-0.2, -0.15) is 5.10 Å². The number of aromatic nitrogens is 3. The van der Waals surface area contributed by atoms with Crippen molar-refractivity contribution in [3.63, 3.8) is 0 Å². The lowest BCUT2D eigenvalue weighted by molar-refractivity contribution is 0.0959. The zero-order valence-electron chi connectivity index (χ0n) is 14.2. The molecule has 2 rings (SSSR count). The number of nitrogens with one attached hydrogen (secondary N) is 1. The summed E-state index contributed by atoms with van der Waals surface area (Å²) >= 11 is 0. The summed E-state index contributed by atoms with van der Waals surface area (Å²) in [7, 11) is 1.98. The highest BCUT2D eigenvalue weighted by Gasteiger charge is 2.29. The molecule has 1 aliphatic rings. The average Bonchev–Trinajstić information content (AvgIpc) is 2.77. The van der Waals surface area contributed by atoms with Crippen LogP contribution in [0.15, 0.2) is 6.33 Å². The van der Waals surface area contributed by atoms with E-state index in [2.05, 4.69) is 48.0 Å². The summed E-state index contributed by atoms with van der Waals surface area (Å²) in [5.74, 6) is 2.52. The lowest BCUT2D eigenvalue weighted by atomic mass is 9.95. The first kappa shape index (κ1) is 16.4. The molecule has 1 aromatic heterocycles. The fourth-order valence-corrected chi connectivity index (χ4v) is 3.27. The second-order valence-electron chi connectivity index (χ2n) is 7.25. The van der Waals surface area contributed by atoms with Crippen LogP contribution in [0.3, 0.4) is 0 Å². The standard InChI is InChI=1S/C16H31N5/c1-12(2)6-14-9-21(10-16-18-11-19-20(16)5)15(8-17-14)7-13(3)4/h11-15,17H,6-10H2,1-5H3. The van der Waals surface area contributed by atoms with E-state index in [1.54, 1.807) is 6.33 Å². The molecule has 0 spiro atoms. The molecule has 0 aromatic carbocycles. The van der Waals surface area contributed by atoms with Crippen LogP contribution in [0.2, 0.25) is 0 Å². The van der Waals surface area contributed by atoms with E-state index in [1.807, 2.05) is 11.7 Å². The monoisotopic (exact) mass is 293 g/mol. The van der Waals surface area contributed by atoms with Crippen LogP contribution in [0.1, 0.15) is 46.4 Å². The van der Waals surface area contributed by atoms with Gasteiger partial charge in [0.05, 0.1) is 6.54 Å². The van der Waals surface area contributed by atoms with Crippen LogP contribution in [0.5, 0.6) is 0 Å². The van der Waals surface area contributed by atoms with Crippen molar-refractivity contribution in [3.05, 3.63) is 12.2 Å². The van der Waals surface area contributed by atoms with Crippen molar-refractivity contribution >= 4 is 0 Å². The maximum Gasteiger partial charge on any atom is 0.140 e. The minimum atomic E-state index is 0.599. The average molecular weight is 293 g/mol. The van der Waals surface area contributed by atoms with Crippen LogP contribution < -0.4 is 5.32 Å². The number of hydrogen-bond donors (Lipinski definition) is 1. The van der Waals surface area contributed by atoms with E-state index in [9.17, 15) is 0 Å². The number of piperazine rings is 1. The second kappa shape index (κ2) is 7.36. The SMILES string of the molecule is CC(C)CC1CN(Cc2ncnn2C)C(CC(C)C)CN1. The molecule has 2 unspecified atom stereocenters. The van der Waals surface area contributed by atoms with E-state index in [4.69, 9.17) is 0 Å². The summed E-state index contributed by atoms with van der Waals surface area (Å²) in [6.45, 7) is 12.3. The van der Waals surface area contributed by atoms with Crippen LogP contribution in [0, 0.1) is 11.8 Å². The number of aryl methyl sites for hydroxylation is 1. The first-order valence-corrected chi connectivity index (χ1v) is 8.26. The molecule has 1 N–H and O–H groups in total. The molecule has 0 amide bonds. The molecular formula is C16H31N5. The minimum absolute atomic E-state index is 0.599. The Balaban J connectivity index is 2.03. The first-order chi connectivity index (χ1) is 9.95. The maximum atomic E-state index is 4.40. The molecule has 1 fully saturated rings. The summed E-state index contributed by atoms with van der Waals surface area (Å²) in [6.07, 6.45) is 4.13. The van der Waals surface area contributed by atoms with Gasteiger partial charge in [0.1, 0.15) is 12.2 Å². The zero-order valence-corrected chi connectivity index (χ0v) is 14.2. The molecule has 0 saturated carbocycles. The summed E-state index contributed by atoms with van der Waals surface area (Å²) in [5, 5.41) is 7.94. The third-order valence-corrected chi connectivity index (χ3v) is 4.26. The van der Waals surface area contributed by atoms with E-state index < -0.39 is 0 Å². The summed E-state index contributed by atoms with van der Waals surface area (Å²) in [4.78, 5) is 7.00. The first-order valence-electron chi connectivity index (χ1n) is 8.26. The van der Waals surface area contributed by atoms with E-state index in [0.717, 1.165) is 37.3 Å². The Kier molecular flexibility index (Phi) is 5.76. The third-order valence-electron chi connectivity index (χ3n) is 4.26. The van der Waals surface area contributed by atoms with Gasteiger partial charge in [0.2, 0.25) is 0 Å². The van der Waals surface area contributed by atoms with Gasteiger partial charge >= 0.3 is 0 Å². The number of nitrogens with zero attached hydrogens (tertiary/aromatic N) is 4. The summed E-state index contributed by atoms with van der Waals surface area (Å²) in [6, 6.07) is 1.20. The van der Waals surface area contributed by atoms with Crippen LogP contribution in [0.4, 0.5) is 0 Å². The second-order valence-corrected chi connectivity index (χ2v) is 7.25. The Bertz CT molecular complexity index is 426. The molecule has 21 heavy (non-hydrogen) atoms. The largest absolute Gasteiger partial charge is 0.311 e. The van der Waals surface area contributed by atoms with Crippen molar-refractivity contribution < 1.29 is 0 Å². The van der Waals surface area contributed by atoms with Gasteiger partial charge in [-0.1, -0.05) is 27.7 Å². The molecule has 0 aliphatic carbocycles. The van der Waals surface area contributed by atoms with Crippen molar-refractivity contribution in [1.29, 1.82) is 0 Å². The Morgan fingerprint density at radius 3 is 2.52 bits per heavy atom. The molecule has 0 radical (unpaired) electrons. The molecule has 1 saturated heterocycles. The van der Waals surface area contributed by atoms with Crippen molar-refractivity contribution in [2.75, 3.05) is 13.1 Å². The number of hydrogen-bond acceptors (Lipinski definition) is 4. The van der Waals surface area contributed by atoms with Crippen LogP contribution in [-0.4, -0.2) is 44.8 Å². The van der Waals surface area contributed by atoms with Crippen LogP contribution in [0.25, 0.3) is 0 Å². The fourth-order valence-electron chi connectivity index (χ4n) is 3.27. The van der Waals surface area contributed by atoms with Gasteiger partial charge in [-0.3, -0.25) is 9.58 Å². The van der Waals surface area contributed by atoms with Crippen LogP contribution in [-0.2, 0) is 13.6 Å². The molecule has 1 aromatic rings. The fraction of sp³-hybridized carbons (Fsp3) is 0.875. The quantitative estimate of drug-likeness (QED) is 0.872. The van der Waals surface area contributed by atoms with E-state index in [-0.39, 0.29) is 0 Å². The van der Waals surface area contributed by atoms with E-state index in [1.165, 1.54) is 12.8 Å². The van der Waals surface area contributed by atoms with Crippen LogP contribution >= 0.6 is 0 Å². The van der Waals surface area contributed by atoms with Gasteiger partial charge in [0, 0.05) is 32.2 Å². The van der Waals surface area contributed by atoms with Crippen molar-refractivity contribution in [2.45, 2.75) is 59.2 Å². The summed E-state index contributed by atoms with van der Waals surface area (Å²) in [5.41, 5.74) is 0. The minimum Gasteiger partial charge on any atom is -0.311 e. The normalized spacial score (nSPS) is 24.1. The molecule has 2 atom stereocenters. The van der Waals surface area contributed by atoms with Gasteiger partial charge in [-0.15, -0.1) is 0 Å². The summed E-state index contributed by atoms with van der Waals surface area (Å²) < 4.78 is 1.89. The highest BCUT2D eigenvalue weighted by atomic mass is 15.3. The van der Waals surface area contributed by atoms with E-state index in [0.29, 0.717) is 12.1 Å². The molecule has 120 valence electrons. The zero-order chi connectivity index (χ0) is 15.4. The van der Waals surface area contributed by atoms with E-state index >= 15 is 0 Å². The van der Waals surface area contributed by atoms with Gasteiger partial charge in [-0.05, 0) is 24.7 Å². The Morgan fingerprint density at radius 2 is 1.95 bits per heavy atom. The molecule has 1 aliphatic heterocycles. The Labute approximate surface area is 129 Å². The van der Waals surface area contributed by atoms with Crippen molar-refractivity contribution in [2.24, 2.45) is 18.9 Å². The number of rotatable bonds is 6. The van der Waals surface area contributed by atoms with Gasteiger partial charge in [0.25, 0.3) is 0 Å². The molecule has 5 nitrogen and oxygen atoms in total. The predicted molar refractivity (Wildman–Crippen MR) is 85.9 cm³/mol. The lowest BCUT2D eigenvalue weighted by Gasteiger charge is -2.41. The van der Waals surface area contributed by atoms with Gasteiger partial charge in [-0.25, -0.2) is 4.98 Å². The maximum absolute atomic E-state index is 4.40. The van der Waals surface area contributed by atoms with Gasteiger partial charge in [0.15, 0.2) is 0 Å². The molecular weight excluding hydrogens is 262 g/mol. The Morgan fingerprint density at radius 1 is 1.24 bits per heavy atom. The lowest BCUT2D eigenvalue weighted by Crippen LogP contribution is -2.56. The van der Waals surface area contributed by atoms with Gasteiger partial charge < -0.3 is 5.32 Å². The molecule has 2 heterocycles. The van der Waals surface area contributed by atoms with Crippen molar-refractivity contribution in [3.8, 4) is 0 Å². The molecule has 5 heteroatoms. The Hall–Kier alpha value is -0.940. The predicted octanol–water partition coefficient (Wildman–Crippen LogP) is 2.05. The smallest absolute Gasteiger partial charge is 0.140 e. The molecule has 0 bridgehead atoms.